The molecule has 88 valence electrons. The van der Waals surface area contributed by atoms with Gasteiger partial charge in [-0.05, 0) is 25.9 Å². The van der Waals surface area contributed by atoms with Gasteiger partial charge in [0, 0.05) is 26.1 Å². The molecule has 0 atom stereocenters. The molecular weight excluding hydrogens is 186 g/mol. The molecule has 3 nitrogen and oxygen atoms in total. The Labute approximate surface area is 94.0 Å². The molecule has 0 aromatic heterocycles. The number of rotatable bonds is 5. The summed E-state index contributed by atoms with van der Waals surface area (Å²) in [5.74, 6) is 1.24. The maximum Gasteiger partial charge on any atom is 0.0963 e. The zero-order chi connectivity index (χ0) is 10.9. The Balaban J connectivity index is 2.15. The lowest BCUT2D eigenvalue weighted by Crippen LogP contribution is -2.34. The van der Waals surface area contributed by atoms with E-state index < -0.39 is 0 Å². The molecule has 0 saturated carbocycles. The van der Waals surface area contributed by atoms with Gasteiger partial charge in [-0.1, -0.05) is 20.3 Å². The monoisotopic (exact) mass is 211 g/mol. The molecule has 0 aromatic carbocycles. The third-order valence-electron chi connectivity index (χ3n) is 3.03. The van der Waals surface area contributed by atoms with Gasteiger partial charge in [0.05, 0.1) is 5.84 Å². The fourth-order valence-electron chi connectivity index (χ4n) is 1.92. The largest absolute Gasteiger partial charge is 0.373 e. The average Bonchev–Trinajstić information content (AvgIpc) is 2.53. The molecule has 0 amide bonds. The van der Waals surface area contributed by atoms with Crippen LogP contribution in [0.3, 0.4) is 0 Å². The molecule has 1 heterocycles. The van der Waals surface area contributed by atoms with E-state index in [1.165, 1.54) is 25.1 Å². The van der Waals surface area contributed by atoms with Crippen molar-refractivity contribution in [3.05, 3.63) is 0 Å². The van der Waals surface area contributed by atoms with Crippen LogP contribution >= 0.6 is 0 Å². The molecule has 0 fully saturated rings. The van der Waals surface area contributed by atoms with Crippen molar-refractivity contribution in [3.63, 3.8) is 0 Å². The molecule has 3 heteroatoms. The number of likely N-dealkylation sites (N-methyl/N-ethyl adjacent to an activating group) is 1. The fourth-order valence-corrected chi connectivity index (χ4v) is 1.92. The summed E-state index contributed by atoms with van der Waals surface area (Å²) in [5.41, 5.74) is 0. The smallest absolute Gasteiger partial charge is 0.0963 e. The van der Waals surface area contributed by atoms with Gasteiger partial charge in [-0.15, -0.1) is 0 Å². The van der Waals surface area contributed by atoms with Crippen LogP contribution in [0.2, 0.25) is 0 Å². The highest BCUT2D eigenvalue weighted by Gasteiger charge is 2.04. The highest BCUT2D eigenvalue weighted by atomic mass is 15.1. The number of aliphatic imine (C=N–C) groups is 1. The quantitative estimate of drug-likeness (QED) is 0.752. The maximum absolute atomic E-state index is 4.56. The lowest BCUT2D eigenvalue weighted by atomic mass is 10.2. The van der Waals surface area contributed by atoms with Gasteiger partial charge in [0.25, 0.3) is 0 Å². The van der Waals surface area contributed by atoms with E-state index >= 15 is 0 Å². The van der Waals surface area contributed by atoms with Crippen LogP contribution in [0.25, 0.3) is 0 Å². The minimum atomic E-state index is 1.02. The minimum absolute atomic E-state index is 1.02. The molecule has 0 aliphatic carbocycles. The molecule has 0 spiro atoms. The van der Waals surface area contributed by atoms with Crippen molar-refractivity contribution in [2.45, 2.75) is 39.5 Å². The lowest BCUT2D eigenvalue weighted by molar-refractivity contribution is 0.308. The Morgan fingerprint density at radius 3 is 2.73 bits per heavy atom. The van der Waals surface area contributed by atoms with Crippen molar-refractivity contribution < 1.29 is 0 Å². The highest BCUT2D eigenvalue weighted by molar-refractivity contribution is 5.82. The van der Waals surface area contributed by atoms with Crippen LogP contribution in [-0.4, -0.2) is 43.5 Å². The molecule has 0 unspecified atom stereocenters. The first-order chi connectivity index (χ1) is 7.36. The van der Waals surface area contributed by atoms with Crippen molar-refractivity contribution >= 4 is 5.84 Å². The second-order valence-corrected chi connectivity index (χ2v) is 4.09. The van der Waals surface area contributed by atoms with E-state index in [4.69, 9.17) is 0 Å². The second-order valence-electron chi connectivity index (χ2n) is 4.09. The third-order valence-corrected chi connectivity index (χ3v) is 3.03. The van der Waals surface area contributed by atoms with Gasteiger partial charge in [-0.2, -0.15) is 0 Å². The van der Waals surface area contributed by atoms with E-state index in [0.717, 1.165) is 39.1 Å². The fraction of sp³-hybridized carbons (Fsp3) is 0.917. The SMILES string of the molecule is CCN(CC)CCNC1=NCCCCC1. The van der Waals surface area contributed by atoms with Crippen LogP contribution < -0.4 is 5.32 Å². The van der Waals surface area contributed by atoms with Crippen LogP contribution in [0.5, 0.6) is 0 Å². The van der Waals surface area contributed by atoms with E-state index in [1.807, 2.05) is 0 Å². The topological polar surface area (TPSA) is 27.6 Å². The Kier molecular flexibility index (Phi) is 6.41. The van der Waals surface area contributed by atoms with Gasteiger partial charge in [0.2, 0.25) is 0 Å². The Bertz CT molecular complexity index is 185. The van der Waals surface area contributed by atoms with Crippen molar-refractivity contribution in [3.8, 4) is 0 Å². The predicted molar refractivity (Wildman–Crippen MR) is 66.6 cm³/mol. The van der Waals surface area contributed by atoms with Gasteiger partial charge in [-0.3, -0.25) is 4.99 Å². The first-order valence-corrected chi connectivity index (χ1v) is 6.36. The number of nitrogens with one attached hydrogen (secondary N) is 1. The van der Waals surface area contributed by atoms with Crippen molar-refractivity contribution in [2.24, 2.45) is 4.99 Å². The Morgan fingerprint density at radius 1 is 1.20 bits per heavy atom. The summed E-state index contributed by atoms with van der Waals surface area (Å²) in [5, 5.41) is 3.47. The molecule has 0 radical (unpaired) electrons. The van der Waals surface area contributed by atoms with E-state index in [9.17, 15) is 0 Å². The van der Waals surface area contributed by atoms with Crippen molar-refractivity contribution in [1.82, 2.24) is 10.2 Å². The van der Waals surface area contributed by atoms with E-state index in [2.05, 4.69) is 29.1 Å². The van der Waals surface area contributed by atoms with Gasteiger partial charge in [0.1, 0.15) is 0 Å². The molecule has 15 heavy (non-hydrogen) atoms. The van der Waals surface area contributed by atoms with Crippen LogP contribution in [0.4, 0.5) is 0 Å². The average molecular weight is 211 g/mol. The van der Waals surface area contributed by atoms with Gasteiger partial charge in [-0.25, -0.2) is 0 Å². The normalized spacial score (nSPS) is 17.4. The van der Waals surface area contributed by atoms with Crippen LogP contribution in [-0.2, 0) is 0 Å². The molecule has 1 rings (SSSR count). The summed E-state index contributed by atoms with van der Waals surface area (Å²) in [6, 6.07) is 0. The van der Waals surface area contributed by atoms with E-state index in [-0.39, 0.29) is 0 Å². The van der Waals surface area contributed by atoms with Gasteiger partial charge in [0.15, 0.2) is 0 Å². The summed E-state index contributed by atoms with van der Waals surface area (Å²) in [6.07, 6.45) is 5.06. The minimum Gasteiger partial charge on any atom is -0.373 e. The summed E-state index contributed by atoms with van der Waals surface area (Å²) in [4.78, 5) is 6.99. The number of hydrogen-bond donors (Lipinski definition) is 1. The molecule has 0 bridgehead atoms. The zero-order valence-corrected chi connectivity index (χ0v) is 10.3. The number of hydrogen-bond acceptors (Lipinski definition) is 3. The first kappa shape index (κ1) is 12.5. The van der Waals surface area contributed by atoms with E-state index in [1.54, 1.807) is 0 Å². The number of amidine groups is 1. The predicted octanol–water partition coefficient (Wildman–Crippen LogP) is 1.89. The molecular formula is C12H25N3. The summed E-state index contributed by atoms with van der Waals surface area (Å²) >= 11 is 0. The Hall–Kier alpha value is -0.570. The lowest BCUT2D eigenvalue weighted by Gasteiger charge is -2.18. The standard InChI is InChI=1S/C12H25N3/c1-3-15(4-2)11-10-14-12-8-6-5-7-9-13-12/h3-11H2,1-2H3,(H,13,14). The molecule has 0 aromatic rings. The number of nitrogens with zero attached hydrogens (tertiary/aromatic N) is 2. The summed E-state index contributed by atoms with van der Waals surface area (Å²) < 4.78 is 0. The highest BCUT2D eigenvalue weighted by Crippen LogP contribution is 2.05. The van der Waals surface area contributed by atoms with Crippen LogP contribution in [0.15, 0.2) is 4.99 Å². The summed E-state index contributed by atoms with van der Waals surface area (Å²) in [7, 11) is 0. The zero-order valence-electron chi connectivity index (χ0n) is 10.3. The first-order valence-electron chi connectivity index (χ1n) is 6.36. The maximum atomic E-state index is 4.56. The van der Waals surface area contributed by atoms with Crippen LogP contribution in [0.1, 0.15) is 39.5 Å². The van der Waals surface area contributed by atoms with Crippen molar-refractivity contribution in [2.75, 3.05) is 32.7 Å². The molecule has 1 N–H and O–H groups in total. The molecule has 0 saturated heterocycles. The summed E-state index contributed by atoms with van der Waals surface area (Å²) in [6.45, 7) is 9.91. The van der Waals surface area contributed by atoms with E-state index in [0.29, 0.717) is 0 Å². The molecule has 1 aliphatic heterocycles. The van der Waals surface area contributed by atoms with Gasteiger partial charge < -0.3 is 10.2 Å². The van der Waals surface area contributed by atoms with Crippen molar-refractivity contribution in [1.29, 1.82) is 0 Å². The van der Waals surface area contributed by atoms with Gasteiger partial charge >= 0.3 is 0 Å². The Morgan fingerprint density at radius 2 is 2.00 bits per heavy atom. The third kappa shape index (κ3) is 5.17. The molecule has 1 aliphatic rings. The second kappa shape index (κ2) is 7.69. The van der Waals surface area contributed by atoms with Crippen LogP contribution in [0, 0.1) is 0 Å².